The van der Waals surface area contributed by atoms with Crippen molar-refractivity contribution < 1.29 is 17.9 Å². The second-order valence-electron chi connectivity index (χ2n) is 5.94. The van der Waals surface area contributed by atoms with Crippen LogP contribution >= 0.6 is 12.4 Å². The molecule has 0 bridgehead atoms. The number of nitrogens with zero attached hydrogens (tertiary/aromatic N) is 1. The van der Waals surface area contributed by atoms with Gasteiger partial charge >= 0.3 is 5.97 Å². The molecule has 0 aliphatic carbocycles. The second kappa shape index (κ2) is 7.17. The molecule has 0 saturated carbocycles. The molecule has 2 atom stereocenters. The van der Waals surface area contributed by atoms with E-state index in [2.05, 4.69) is 10.1 Å². The van der Waals surface area contributed by atoms with Gasteiger partial charge in [0.05, 0.1) is 18.4 Å². The predicted molar refractivity (Wildman–Crippen MR) is 89.1 cm³/mol. The number of ether oxygens (including phenoxy) is 1. The van der Waals surface area contributed by atoms with Crippen LogP contribution in [0.1, 0.15) is 15.9 Å². The van der Waals surface area contributed by atoms with E-state index < -0.39 is 16.0 Å². The maximum atomic E-state index is 12.6. The van der Waals surface area contributed by atoms with Gasteiger partial charge in [0.1, 0.15) is 0 Å². The fraction of sp³-hybridized carbons (Fsp3) is 0.533. The number of hydrogen-bond acceptors (Lipinski definition) is 5. The van der Waals surface area contributed by atoms with Crippen molar-refractivity contribution >= 4 is 28.4 Å². The summed E-state index contributed by atoms with van der Waals surface area (Å²) in [6, 6.07) is 6.61. The molecule has 6 nitrogen and oxygen atoms in total. The van der Waals surface area contributed by atoms with Crippen LogP contribution in [0.2, 0.25) is 0 Å². The molecular formula is C15H21ClN2O4S. The topological polar surface area (TPSA) is 75.7 Å². The number of benzene rings is 1. The van der Waals surface area contributed by atoms with E-state index in [1.54, 1.807) is 28.6 Å². The van der Waals surface area contributed by atoms with Crippen LogP contribution in [0, 0.1) is 11.8 Å². The van der Waals surface area contributed by atoms with E-state index in [1.807, 2.05) is 0 Å². The molecule has 2 aliphatic rings. The number of rotatable bonds is 4. The normalized spacial score (nSPS) is 24.0. The summed E-state index contributed by atoms with van der Waals surface area (Å²) in [5.41, 5.74) is 0.982. The molecule has 3 rings (SSSR count). The van der Waals surface area contributed by atoms with Crippen molar-refractivity contribution in [3.8, 4) is 0 Å². The molecule has 1 aromatic carbocycles. The lowest BCUT2D eigenvalue weighted by atomic mass is 10.0. The standard InChI is InChI=1S/C15H20N2O4S.ClH/c1-21-15(18)12-4-2-3-11(5-12)10-22(19,20)17-8-13-6-16-7-14(13)9-17;/h2-5,13-14,16H,6-10H2,1H3;1H/t13-,14+;. The zero-order chi connectivity index (χ0) is 15.7. The highest BCUT2D eigenvalue weighted by Gasteiger charge is 2.40. The number of sulfonamides is 1. The Kier molecular flexibility index (Phi) is 5.67. The molecule has 23 heavy (non-hydrogen) atoms. The lowest BCUT2D eigenvalue weighted by Crippen LogP contribution is -2.32. The van der Waals surface area contributed by atoms with Crippen LogP contribution in [0.3, 0.4) is 0 Å². The summed E-state index contributed by atoms with van der Waals surface area (Å²) in [7, 11) is -2.04. The highest BCUT2D eigenvalue weighted by atomic mass is 35.5. The Labute approximate surface area is 142 Å². The van der Waals surface area contributed by atoms with Crippen molar-refractivity contribution in [1.29, 1.82) is 0 Å². The number of carbonyl (C=O) groups is 1. The Balaban J connectivity index is 0.00000192. The van der Waals surface area contributed by atoms with Gasteiger partial charge in [-0.1, -0.05) is 12.1 Å². The molecule has 2 aliphatic heterocycles. The number of hydrogen-bond donors (Lipinski definition) is 1. The third-order valence-electron chi connectivity index (χ3n) is 4.45. The van der Waals surface area contributed by atoms with Gasteiger partial charge in [-0.3, -0.25) is 0 Å². The van der Waals surface area contributed by atoms with Gasteiger partial charge in [0.2, 0.25) is 10.0 Å². The predicted octanol–water partition coefficient (Wildman–Crippen LogP) is 0.876. The van der Waals surface area contributed by atoms with Gasteiger partial charge in [0.25, 0.3) is 0 Å². The fourth-order valence-electron chi connectivity index (χ4n) is 3.25. The Bertz CT molecular complexity index is 668. The summed E-state index contributed by atoms with van der Waals surface area (Å²) in [5, 5.41) is 3.30. The van der Waals surface area contributed by atoms with E-state index in [0.717, 1.165) is 13.1 Å². The fourth-order valence-corrected chi connectivity index (χ4v) is 4.87. The molecule has 0 amide bonds. The average Bonchev–Trinajstić information content (AvgIpc) is 3.07. The van der Waals surface area contributed by atoms with E-state index in [0.29, 0.717) is 36.1 Å². The van der Waals surface area contributed by atoms with Crippen molar-refractivity contribution in [3.63, 3.8) is 0 Å². The summed E-state index contributed by atoms with van der Waals surface area (Å²) in [4.78, 5) is 11.5. The number of methoxy groups -OCH3 is 1. The van der Waals surface area contributed by atoms with E-state index in [4.69, 9.17) is 0 Å². The summed E-state index contributed by atoms with van der Waals surface area (Å²) >= 11 is 0. The molecule has 0 spiro atoms. The Morgan fingerprint density at radius 2 is 1.96 bits per heavy atom. The highest BCUT2D eigenvalue weighted by molar-refractivity contribution is 7.88. The van der Waals surface area contributed by atoms with Crippen LogP contribution < -0.4 is 5.32 Å². The van der Waals surface area contributed by atoms with Crippen LogP contribution in [-0.4, -0.2) is 52.0 Å². The number of carbonyl (C=O) groups excluding carboxylic acids is 1. The molecule has 2 fully saturated rings. The monoisotopic (exact) mass is 360 g/mol. The first-order chi connectivity index (χ1) is 10.5. The minimum atomic E-state index is -3.35. The first-order valence-electron chi connectivity index (χ1n) is 7.35. The summed E-state index contributed by atoms with van der Waals surface area (Å²) in [6.45, 7) is 2.98. The number of esters is 1. The first-order valence-corrected chi connectivity index (χ1v) is 8.96. The Hall–Kier alpha value is -1.15. The molecule has 128 valence electrons. The largest absolute Gasteiger partial charge is 0.465 e. The third kappa shape index (κ3) is 3.85. The number of halogens is 1. The molecular weight excluding hydrogens is 340 g/mol. The van der Waals surface area contributed by atoms with E-state index in [1.165, 1.54) is 7.11 Å². The molecule has 1 aromatic rings. The number of nitrogens with one attached hydrogen (secondary N) is 1. The summed E-state index contributed by atoms with van der Waals surface area (Å²) in [5.74, 6) is 0.318. The lowest BCUT2D eigenvalue weighted by Gasteiger charge is -2.17. The van der Waals surface area contributed by atoms with Gasteiger partial charge in [-0.25, -0.2) is 17.5 Å². The zero-order valence-electron chi connectivity index (χ0n) is 12.9. The van der Waals surface area contributed by atoms with Crippen molar-refractivity contribution in [2.45, 2.75) is 5.75 Å². The van der Waals surface area contributed by atoms with Gasteiger partial charge in [-0.05, 0) is 42.6 Å². The van der Waals surface area contributed by atoms with Crippen molar-refractivity contribution in [2.75, 3.05) is 33.3 Å². The minimum absolute atomic E-state index is 0. The highest BCUT2D eigenvalue weighted by Crippen LogP contribution is 2.29. The zero-order valence-corrected chi connectivity index (χ0v) is 14.5. The van der Waals surface area contributed by atoms with Gasteiger partial charge in [0.15, 0.2) is 0 Å². The van der Waals surface area contributed by atoms with Crippen LogP contribution in [0.4, 0.5) is 0 Å². The minimum Gasteiger partial charge on any atom is -0.465 e. The molecule has 1 N–H and O–H groups in total. The third-order valence-corrected chi connectivity index (χ3v) is 6.23. The van der Waals surface area contributed by atoms with Gasteiger partial charge in [-0.15, -0.1) is 12.4 Å². The van der Waals surface area contributed by atoms with Crippen molar-refractivity contribution in [3.05, 3.63) is 35.4 Å². The Morgan fingerprint density at radius 3 is 2.57 bits per heavy atom. The quantitative estimate of drug-likeness (QED) is 0.806. The Morgan fingerprint density at radius 1 is 1.30 bits per heavy atom. The van der Waals surface area contributed by atoms with Crippen molar-refractivity contribution in [1.82, 2.24) is 9.62 Å². The molecule has 8 heteroatoms. The van der Waals surface area contributed by atoms with Gasteiger partial charge < -0.3 is 10.1 Å². The molecule has 0 aromatic heterocycles. The molecule has 0 unspecified atom stereocenters. The van der Waals surface area contributed by atoms with Gasteiger partial charge in [-0.2, -0.15) is 0 Å². The molecule has 0 radical (unpaired) electrons. The number of fused-ring (bicyclic) bond motifs is 1. The SMILES string of the molecule is COC(=O)c1cccc(CS(=O)(=O)N2C[C@H]3CNC[C@H]3C2)c1.Cl. The van der Waals surface area contributed by atoms with Crippen LogP contribution in [0.15, 0.2) is 24.3 Å². The van der Waals surface area contributed by atoms with E-state index >= 15 is 0 Å². The van der Waals surface area contributed by atoms with E-state index in [9.17, 15) is 13.2 Å². The smallest absolute Gasteiger partial charge is 0.337 e. The second-order valence-corrected chi connectivity index (χ2v) is 7.91. The van der Waals surface area contributed by atoms with Crippen molar-refractivity contribution in [2.24, 2.45) is 11.8 Å². The first kappa shape index (κ1) is 18.2. The lowest BCUT2D eigenvalue weighted by molar-refractivity contribution is 0.0600. The average molecular weight is 361 g/mol. The molecule has 2 saturated heterocycles. The van der Waals surface area contributed by atoms with Crippen LogP contribution in [-0.2, 0) is 20.5 Å². The van der Waals surface area contributed by atoms with Gasteiger partial charge in [0, 0.05) is 13.1 Å². The maximum absolute atomic E-state index is 12.6. The van der Waals surface area contributed by atoms with E-state index in [-0.39, 0.29) is 18.2 Å². The molecule has 2 heterocycles. The summed E-state index contributed by atoms with van der Waals surface area (Å²) in [6.07, 6.45) is 0. The maximum Gasteiger partial charge on any atom is 0.337 e. The van der Waals surface area contributed by atoms with Crippen LogP contribution in [0.25, 0.3) is 0 Å². The summed E-state index contributed by atoms with van der Waals surface area (Å²) < 4.78 is 31.4. The van der Waals surface area contributed by atoms with Crippen LogP contribution in [0.5, 0.6) is 0 Å².